The zero-order chi connectivity index (χ0) is 45.3. The number of carbonyl (C=O) groups is 4. The molecule has 14 nitrogen and oxygen atoms in total. The van der Waals surface area contributed by atoms with E-state index in [1.165, 1.54) is 19.3 Å². The number of piperidine rings is 2. The number of carboxylic acids is 1. The SMILES string of the molecule is NN1CCCCC1.O=C(O)c1nc(-c2ccc(Cl)cc2)c(-c2ccc(Cl)cc2)nc1C(=O)NN1CCCCC1.O=C1OC(=O)c2nc(-c3ccc(Cl)cc3)c(-c3ccc(Cl)cc3)nc21. The molecule has 3 aliphatic rings. The summed E-state index contributed by atoms with van der Waals surface area (Å²) in [5.74, 6) is 1.93. The Morgan fingerprint density at radius 3 is 1.16 bits per heavy atom. The third-order valence-corrected chi connectivity index (χ3v) is 11.3. The molecular weight excluding hydrogens is 902 g/mol. The molecule has 0 bridgehead atoms. The second-order valence-corrected chi connectivity index (χ2v) is 16.6. The molecule has 0 spiro atoms. The highest BCUT2D eigenvalue weighted by molar-refractivity contribution is 6.31. The van der Waals surface area contributed by atoms with Gasteiger partial charge >= 0.3 is 17.9 Å². The second-order valence-electron chi connectivity index (χ2n) is 14.8. The van der Waals surface area contributed by atoms with Crippen LogP contribution in [0.25, 0.3) is 45.0 Å². The summed E-state index contributed by atoms with van der Waals surface area (Å²) in [5.41, 5.74) is 6.22. The van der Waals surface area contributed by atoms with Crippen LogP contribution < -0.4 is 11.3 Å². The maximum absolute atomic E-state index is 13.0. The van der Waals surface area contributed by atoms with Gasteiger partial charge in [-0.25, -0.2) is 44.3 Å². The van der Waals surface area contributed by atoms with Gasteiger partial charge in [-0.1, -0.05) is 108 Å². The summed E-state index contributed by atoms with van der Waals surface area (Å²) in [7, 11) is 0. The van der Waals surface area contributed by atoms with Gasteiger partial charge in [0.1, 0.15) is 0 Å². The summed E-state index contributed by atoms with van der Waals surface area (Å²) in [6.07, 6.45) is 6.97. The molecule has 5 heterocycles. The van der Waals surface area contributed by atoms with Crippen molar-refractivity contribution in [2.75, 3.05) is 26.2 Å². The number of amides is 1. The Bertz CT molecular complexity index is 2580. The maximum Gasteiger partial charge on any atom is 0.367 e. The number of fused-ring (bicyclic) bond motifs is 1. The molecule has 64 heavy (non-hydrogen) atoms. The fourth-order valence-corrected chi connectivity index (χ4v) is 7.50. The van der Waals surface area contributed by atoms with E-state index in [1.54, 1.807) is 102 Å². The molecule has 328 valence electrons. The first-order valence-electron chi connectivity index (χ1n) is 20.3. The van der Waals surface area contributed by atoms with Crippen LogP contribution in [0.2, 0.25) is 20.1 Å². The molecule has 18 heteroatoms. The number of hydrogen-bond donors (Lipinski definition) is 3. The lowest BCUT2D eigenvalue weighted by atomic mass is 10.0. The quantitative estimate of drug-likeness (QED) is 0.0779. The summed E-state index contributed by atoms with van der Waals surface area (Å²) in [6.45, 7) is 3.60. The first-order chi connectivity index (χ1) is 30.8. The Morgan fingerprint density at radius 2 is 0.828 bits per heavy atom. The molecule has 0 saturated carbocycles. The largest absolute Gasteiger partial charge is 0.476 e. The highest BCUT2D eigenvalue weighted by Crippen LogP contribution is 2.34. The minimum absolute atomic E-state index is 0.0901. The van der Waals surface area contributed by atoms with Crippen molar-refractivity contribution < 1.29 is 29.0 Å². The molecule has 2 aromatic heterocycles. The second kappa shape index (κ2) is 21.2. The number of esters is 2. The standard InChI is InChI=1S/C23H20Cl2N4O3.C18H8Cl2N2O3.C5H12N2/c24-16-8-4-14(5-9-16)18-19(15-6-10-17(25)11-7-15)27-21(23(31)32)20(26-18)22(30)28-29-12-2-1-3-13-29;19-11-5-1-9(2-6-11)13-14(10-3-7-12(20)8-4-10)22-16-15(21-13)17(23)25-18(16)24;6-7-4-2-1-3-5-7/h4-11H,1-3,12-13H2,(H,28,30)(H,31,32);1-8H;1-6H2. The van der Waals surface area contributed by atoms with Gasteiger partial charge in [0, 0.05) is 68.5 Å². The van der Waals surface area contributed by atoms with Gasteiger partial charge in [-0.15, -0.1) is 0 Å². The minimum Gasteiger partial charge on any atom is -0.476 e. The number of carboxylic acid groups (broad SMARTS) is 1. The van der Waals surface area contributed by atoms with Crippen LogP contribution >= 0.6 is 46.4 Å². The molecule has 1 amide bonds. The molecule has 4 aromatic carbocycles. The van der Waals surface area contributed by atoms with Gasteiger partial charge in [-0.05, 0) is 74.2 Å². The summed E-state index contributed by atoms with van der Waals surface area (Å²) in [6, 6.07) is 27.6. The van der Waals surface area contributed by atoms with E-state index in [0.717, 1.165) is 32.4 Å². The van der Waals surface area contributed by atoms with Crippen LogP contribution in [-0.2, 0) is 4.74 Å². The molecule has 9 rings (SSSR count). The van der Waals surface area contributed by atoms with Gasteiger partial charge in [0.15, 0.2) is 22.8 Å². The number of aromatic nitrogens is 4. The van der Waals surface area contributed by atoms with Gasteiger partial charge in [0.2, 0.25) is 0 Å². The fraction of sp³-hybridized carbons (Fsp3) is 0.217. The molecule has 4 N–H and O–H groups in total. The number of benzene rings is 4. The predicted octanol–water partition coefficient (Wildman–Crippen LogP) is 9.72. The van der Waals surface area contributed by atoms with E-state index >= 15 is 0 Å². The van der Waals surface area contributed by atoms with Crippen molar-refractivity contribution in [2.24, 2.45) is 5.84 Å². The van der Waals surface area contributed by atoms with Crippen molar-refractivity contribution in [1.29, 1.82) is 0 Å². The lowest BCUT2D eigenvalue weighted by molar-refractivity contribution is 0.0438. The average Bonchev–Trinajstić information content (AvgIpc) is 3.58. The van der Waals surface area contributed by atoms with Crippen LogP contribution in [0, 0.1) is 0 Å². The number of carbonyl (C=O) groups excluding carboxylic acids is 3. The summed E-state index contributed by atoms with van der Waals surface area (Å²) >= 11 is 23.9. The monoisotopic (exact) mass is 940 g/mol. The molecule has 0 unspecified atom stereocenters. The van der Waals surface area contributed by atoms with Crippen LogP contribution in [0.5, 0.6) is 0 Å². The summed E-state index contributed by atoms with van der Waals surface area (Å²) < 4.78 is 4.61. The number of cyclic esters (lactones) is 2. The lowest BCUT2D eigenvalue weighted by Crippen LogP contribution is -2.45. The lowest BCUT2D eigenvalue weighted by Gasteiger charge is -2.26. The molecular formula is C46H40Cl4N8O6. The van der Waals surface area contributed by atoms with Crippen LogP contribution in [0.4, 0.5) is 0 Å². The van der Waals surface area contributed by atoms with Gasteiger partial charge in [0.25, 0.3) is 5.91 Å². The topological polar surface area (TPSA) is 194 Å². The zero-order valence-corrected chi connectivity index (χ0v) is 37.1. The Balaban J connectivity index is 0.000000169. The van der Waals surface area contributed by atoms with Crippen molar-refractivity contribution in [2.45, 2.75) is 38.5 Å². The predicted molar refractivity (Wildman–Crippen MR) is 245 cm³/mol. The van der Waals surface area contributed by atoms with Crippen LogP contribution in [0.3, 0.4) is 0 Å². The van der Waals surface area contributed by atoms with Gasteiger partial charge in [-0.3, -0.25) is 16.1 Å². The first-order valence-corrected chi connectivity index (χ1v) is 21.8. The number of nitrogens with one attached hydrogen (secondary N) is 1. The number of ether oxygens (including phenoxy) is 1. The Hall–Kier alpha value is -5.84. The van der Waals surface area contributed by atoms with E-state index in [2.05, 4.69) is 30.1 Å². The van der Waals surface area contributed by atoms with E-state index in [-0.39, 0.29) is 17.1 Å². The Labute approximate surface area is 388 Å². The van der Waals surface area contributed by atoms with Crippen molar-refractivity contribution >= 4 is 70.2 Å². The number of aromatic carboxylic acids is 1. The molecule has 0 atom stereocenters. The highest BCUT2D eigenvalue weighted by Gasteiger charge is 2.35. The zero-order valence-electron chi connectivity index (χ0n) is 34.1. The Kier molecular flexibility index (Phi) is 15.3. The van der Waals surface area contributed by atoms with Crippen molar-refractivity contribution in [3.8, 4) is 45.0 Å². The van der Waals surface area contributed by atoms with Crippen molar-refractivity contribution in [3.63, 3.8) is 0 Å². The molecule has 3 aliphatic heterocycles. The number of hydrazine groups is 2. The maximum atomic E-state index is 13.0. The van der Waals surface area contributed by atoms with Crippen LogP contribution in [-0.4, -0.2) is 85.1 Å². The van der Waals surface area contributed by atoms with Crippen molar-refractivity contribution in [1.82, 2.24) is 35.4 Å². The van der Waals surface area contributed by atoms with E-state index in [9.17, 15) is 24.3 Å². The minimum atomic E-state index is -1.33. The number of nitrogens with two attached hydrogens (primary N) is 1. The Morgan fingerprint density at radius 1 is 0.500 bits per heavy atom. The molecule has 6 aromatic rings. The molecule has 2 fully saturated rings. The van der Waals surface area contributed by atoms with Gasteiger partial charge in [0.05, 0.1) is 22.8 Å². The number of halogens is 4. The molecule has 0 radical (unpaired) electrons. The van der Waals surface area contributed by atoms with Crippen molar-refractivity contribution in [3.05, 3.63) is 140 Å². The van der Waals surface area contributed by atoms with E-state index in [1.807, 2.05) is 5.01 Å². The highest BCUT2D eigenvalue weighted by atomic mass is 35.5. The average molecular weight is 943 g/mol. The number of rotatable bonds is 7. The smallest absolute Gasteiger partial charge is 0.367 e. The third kappa shape index (κ3) is 11.5. The molecule has 2 saturated heterocycles. The third-order valence-electron chi connectivity index (χ3n) is 10.3. The van der Waals surface area contributed by atoms with Crippen LogP contribution in [0.1, 0.15) is 80.5 Å². The first kappa shape index (κ1) is 46.2. The number of nitrogens with zero attached hydrogens (tertiary/aromatic N) is 6. The van der Waals surface area contributed by atoms with Gasteiger partial charge in [-0.2, -0.15) is 0 Å². The molecule has 0 aliphatic carbocycles. The normalized spacial score (nSPS) is 14.9. The van der Waals surface area contributed by atoms with E-state index < -0.39 is 29.5 Å². The summed E-state index contributed by atoms with van der Waals surface area (Å²) in [5, 5.41) is 15.7. The van der Waals surface area contributed by atoms with Gasteiger partial charge < -0.3 is 9.84 Å². The van der Waals surface area contributed by atoms with E-state index in [0.29, 0.717) is 78.2 Å². The van der Waals surface area contributed by atoms with Crippen LogP contribution in [0.15, 0.2) is 97.1 Å². The number of hydrogen-bond acceptors (Lipinski definition) is 12. The van der Waals surface area contributed by atoms with E-state index in [4.69, 9.17) is 52.2 Å². The fourth-order valence-electron chi connectivity index (χ4n) is 7.00. The summed E-state index contributed by atoms with van der Waals surface area (Å²) in [4.78, 5) is 66.2.